The first-order chi connectivity index (χ1) is 8.16. The van der Waals surface area contributed by atoms with Gasteiger partial charge in [-0.15, -0.1) is 0 Å². The van der Waals surface area contributed by atoms with Crippen LogP contribution in [0.1, 0.15) is 15.9 Å². The maximum absolute atomic E-state index is 11.9. The number of aromatic nitrogens is 2. The fourth-order valence-corrected chi connectivity index (χ4v) is 1.71. The van der Waals surface area contributed by atoms with Crippen molar-refractivity contribution in [3.8, 4) is 0 Å². The lowest BCUT2D eigenvalue weighted by atomic mass is 10.2. The van der Waals surface area contributed by atoms with Crippen LogP contribution < -0.4 is 5.32 Å². The summed E-state index contributed by atoms with van der Waals surface area (Å²) in [5.74, 6) is 0.290. The summed E-state index contributed by atoms with van der Waals surface area (Å²) in [5.41, 5.74) is 1.53. The van der Waals surface area contributed by atoms with Crippen molar-refractivity contribution in [1.29, 1.82) is 0 Å². The maximum Gasteiger partial charge on any atom is 0.259 e. The van der Waals surface area contributed by atoms with Crippen molar-refractivity contribution in [3.63, 3.8) is 0 Å². The Morgan fingerprint density at radius 2 is 2.12 bits per heavy atom. The molecule has 1 amide bonds. The van der Waals surface area contributed by atoms with Crippen LogP contribution in [0.2, 0.25) is 0 Å². The molecule has 4 nitrogen and oxygen atoms in total. The third-order valence-corrected chi connectivity index (χ3v) is 2.79. The van der Waals surface area contributed by atoms with Crippen molar-refractivity contribution >= 4 is 27.7 Å². The Morgan fingerprint density at radius 1 is 1.29 bits per heavy atom. The number of carbonyl (C=O) groups excluding carboxylic acids is 1. The van der Waals surface area contributed by atoms with Crippen LogP contribution in [0.3, 0.4) is 0 Å². The van der Waals surface area contributed by atoms with E-state index in [0.29, 0.717) is 16.0 Å². The Hall–Kier alpha value is -1.75. The molecular formula is C12H10BrN3O. The number of carbonyl (C=O) groups is 1. The molecule has 0 saturated heterocycles. The van der Waals surface area contributed by atoms with Gasteiger partial charge in [0, 0.05) is 12.4 Å². The molecule has 2 aromatic rings. The molecule has 0 spiro atoms. The molecule has 0 aliphatic rings. The lowest BCUT2D eigenvalue weighted by Gasteiger charge is -2.05. The molecule has 0 bridgehead atoms. The minimum atomic E-state index is -0.235. The second-order valence-electron chi connectivity index (χ2n) is 3.52. The summed E-state index contributed by atoms with van der Waals surface area (Å²) < 4.78 is 0.518. The van der Waals surface area contributed by atoms with Gasteiger partial charge in [0.2, 0.25) is 0 Å². The number of aryl methyl sites for hydroxylation is 1. The van der Waals surface area contributed by atoms with Crippen molar-refractivity contribution < 1.29 is 4.79 Å². The Balaban J connectivity index is 2.17. The van der Waals surface area contributed by atoms with Gasteiger partial charge in [0.1, 0.15) is 10.4 Å². The first-order valence-electron chi connectivity index (χ1n) is 5.01. The molecule has 17 heavy (non-hydrogen) atoms. The molecule has 0 fully saturated rings. The zero-order valence-corrected chi connectivity index (χ0v) is 10.7. The summed E-state index contributed by atoms with van der Waals surface area (Å²) in [6.07, 6.45) is 3.32. The number of amides is 1. The Kier molecular flexibility index (Phi) is 3.49. The lowest BCUT2D eigenvalue weighted by Crippen LogP contribution is -2.13. The van der Waals surface area contributed by atoms with Gasteiger partial charge in [-0.3, -0.25) is 4.79 Å². The molecule has 0 aromatic carbocycles. The number of halogens is 1. The summed E-state index contributed by atoms with van der Waals surface area (Å²) in [5, 5.41) is 2.71. The third kappa shape index (κ3) is 2.88. The predicted molar refractivity (Wildman–Crippen MR) is 68.9 cm³/mol. The van der Waals surface area contributed by atoms with Crippen LogP contribution in [0.25, 0.3) is 0 Å². The summed E-state index contributed by atoms with van der Waals surface area (Å²) >= 11 is 3.23. The van der Waals surface area contributed by atoms with Crippen LogP contribution in [-0.4, -0.2) is 15.9 Å². The summed E-state index contributed by atoms with van der Waals surface area (Å²) in [6.45, 7) is 1.94. The molecule has 0 aliphatic heterocycles. The molecule has 2 rings (SSSR count). The van der Waals surface area contributed by atoms with Crippen molar-refractivity contribution in [2.24, 2.45) is 0 Å². The molecule has 0 radical (unpaired) electrons. The second-order valence-corrected chi connectivity index (χ2v) is 4.27. The first kappa shape index (κ1) is 11.7. The predicted octanol–water partition coefficient (Wildman–Crippen LogP) is 2.80. The maximum atomic E-state index is 11.9. The smallest absolute Gasteiger partial charge is 0.259 e. The topological polar surface area (TPSA) is 54.9 Å². The van der Waals surface area contributed by atoms with Crippen molar-refractivity contribution in [1.82, 2.24) is 9.97 Å². The number of rotatable bonds is 2. The van der Waals surface area contributed by atoms with Gasteiger partial charge in [-0.05, 0) is 46.6 Å². The normalized spacial score (nSPS) is 10.0. The number of anilines is 1. The van der Waals surface area contributed by atoms with E-state index in [1.54, 1.807) is 30.6 Å². The highest BCUT2D eigenvalue weighted by molar-refractivity contribution is 9.10. The average Bonchev–Trinajstić information content (AvgIpc) is 2.32. The Morgan fingerprint density at radius 3 is 2.76 bits per heavy atom. The Bertz CT molecular complexity index is 540. The van der Waals surface area contributed by atoms with Gasteiger partial charge >= 0.3 is 0 Å². The van der Waals surface area contributed by atoms with Gasteiger partial charge in [0.05, 0.1) is 5.56 Å². The van der Waals surface area contributed by atoms with Gasteiger partial charge in [0.15, 0.2) is 0 Å². The quantitative estimate of drug-likeness (QED) is 0.866. The van der Waals surface area contributed by atoms with Gasteiger partial charge < -0.3 is 5.32 Å². The van der Waals surface area contributed by atoms with E-state index in [4.69, 9.17) is 0 Å². The second kappa shape index (κ2) is 5.05. The van der Waals surface area contributed by atoms with E-state index in [1.807, 2.05) is 13.0 Å². The van der Waals surface area contributed by atoms with Crippen molar-refractivity contribution in [2.45, 2.75) is 6.92 Å². The molecule has 1 N–H and O–H groups in total. The molecule has 0 unspecified atom stereocenters. The van der Waals surface area contributed by atoms with Crippen LogP contribution in [-0.2, 0) is 0 Å². The molecule has 0 aliphatic carbocycles. The third-order valence-electron chi connectivity index (χ3n) is 2.16. The van der Waals surface area contributed by atoms with Crippen LogP contribution in [0, 0.1) is 6.92 Å². The van der Waals surface area contributed by atoms with Crippen molar-refractivity contribution in [3.05, 3.63) is 52.4 Å². The van der Waals surface area contributed by atoms with E-state index in [1.165, 1.54) is 0 Å². The van der Waals surface area contributed by atoms with Gasteiger partial charge in [-0.1, -0.05) is 6.07 Å². The Labute approximate surface area is 107 Å². The minimum Gasteiger partial charge on any atom is -0.306 e. The zero-order chi connectivity index (χ0) is 12.3. The number of pyridine rings is 2. The summed E-state index contributed by atoms with van der Waals surface area (Å²) in [4.78, 5) is 20.0. The van der Waals surface area contributed by atoms with Gasteiger partial charge in [-0.25, -0.2) is 9.97 Å². The standard InChI is InChI=1S/C12H10BrN3O/c1-8-4-5-10(15-7-8)16-12(17)9-3-2-6-14-11(9)13/h2-7H,1H3,(H,15,16,17). The number of nitrogens with one attached hydrogen (secondary N) is 1. The minimum absolute atomic E-state index is 0.235. The molecule has 2 aromatic heterocycles. The highest BCUT2D eigenvalue weighted by Gasteiger charge is 2.10. The molecule has 0 saturated carbocycles. The van der Waals surface area contributed by atoms with E-state index in [0.717, 1.165) is 5.56 Å². The fourth-order valence-electron chi connectivity index (χ4n) is 1.28. The number of hydrogen-bond acceptors (Lipinski definition) is 3. The average molecular weight is 292 g/mol. The molecule has 86 valence electrons. The molecular weight excluding hydrogens is 282 g/mol. The fraction of sp³-hybridized carbons (Fsp3) is 0.0833. The van der Waals surface area contributed by atoms with Crippen LogP contribution >= 0.6 is 15.9 Å². The zero-order valence-electron chi connectivity index (χ0n) is 9.14. The number of hydrogen-bond donors (Lipinski definition) is 1. The first-order valence-corrected chi connectivity index (χ1v) is 5.80. The summed E-state index contributed by atoms with van der Waals surface area (Å²) in [6, 6.07) is 7.06. The van der Waals surface area contributed by atoms with Crippen molar-refractivity contribution in [2.75, 3.05) is 5.32 Å². The summed E-state index contributed by atoms with van der Waals surface area (Å²) in [7, 11) is 0. The van der Waals surface area contributed by atoms with Crippen LogP contribution in [0.15, 0.2) is 41.3 Å². The largest absolute Gasteiger partial charge is 0.306 e. The molecule has 0 atom stereocenters. The molecule has 2 heterocycles. The van der Waals surface area contributed by atoms with Gasteiger partial charge in [-0.2, -0.15) is 0 Å². The number of nitrogens with zero attached hydrogens (tertiary/aromatic N) is 2. The van der Waals surface area contributed by atoms with E-state index >= 15 is 0 Å². The van der Waals surface area contributed by atoms with E-state index in [9.17, 15) is 4.79 Å². The molecule has 5 heteroatoms. The van der Waals surface area contributed by atoms with Crippen LogP contribution in [0.5, 0.6) is 0 Å². The van der Waals surface area contributed by atoms with E-state index in [2.05, 4.69) is 31.2 Å². The van der Waals surface area contributed by atoms with Crippen LogP contribution in [0.4, 0.5) is 5.82 Å². The van der Waals surface area contributed by atoms with Gasteiger partial charge in [0.25, 0.3) is 5.91 Å². The SMILES string of the molecule is Cc1ccc(NC(=O)c2cccnc2Br)nc1. The highest BCUT2D eigenvalue weighted by atomic mass is 79.9. The monoisotopic (exact) mass is 291 g/mol. The lowest BCUT2D eigenvalue weighted by molar-refractivity contribution is 0.102. The highest BCUT2D eigenvalue weighted by Crippen LogP contribution is 2.14. The van der Waals surface area contributed by atoms with E-state index in [-0.39, 0.29) is 5.91 Å². The van der Waals surface area contributed by atoms with E-state index < -0.39 is 0 Å².